The molecule has 0 fully saturated rings. The molecule has 0 aliphatic heterocycles. The van der Waals surface area contributed by atoms with Crippen LogP contribution in [0.2, 0.25) is 0 Å². The van der Waals surface area contributed by atoms with Gasteiger partial charge in [-0.25, -0.2) is 0 Å². The number of non-ortho nitro benzene ring substituents is 1. The fourth-order valence-corrected chi connectivity index (χ4v) is 3.97. The summed E-state index contributed by atoms with van der Waals surface area (Å²) in [4.78, 5) is 22.9. The van der Waals surface area contributed by atoms with Gasteiger partial charge in [-0.15, -0.1) is 0 Å². The maximum Gasteiger partial charge on any atom is 0.339 e. The Hall–Kier alpha value is -4.69. The van der Waals surface area contributed by atoms with E-state index in [-0.39, 0.29) is 39.9 Å². The van der Waals surface area contributed by atoms with Crippen molar-refractivity contribution in [1.82, 2.24) is 0 Å². The third kappa shape index (κ3) is 6.46. The van der Waals surface area contributed by atoms with Crippen LogP contribution >= 0.6 is 0 Å². The summed E-state index contributed by atoms with van der Waals surface area (Å²) in [6, 6.07) is 17.5. The summed E-state index contributed by atoms with van der Waals surface area (Å²) in [5.41, 5.74) is 0.903. The molecule has 0 aliphatic rings. The molecule has 0 saturated heterocycles. The number of carbonyl (C=O) groups is 1. The van der Waals surface area contributed by atoms with E-state index >= 15 is 0 Å². The number of rotatable bonds is 9. The van der Waals surface area contributed by atoms with Gasteiger partial charge in [0, 0.05) is 17.8 Å². The van der Waals surface area contributed by atoms with Crippen LogP contribution in [0.15, 0.2) is 77.2 Å². The highest BCUT2D eigenvalue weighted by atomic mass is 32.2. The van der Waals surface area contributed by atoms with Gasteiger partial charge in [-0.2, -0.15) is 13.7 Å². The molecule has 0 bridgehead atoms. The zero-order chi connectivity index (χ0) is 26.3. The zero-order valence-corrected chi connectivity index (χ0v) is 20.1. The van der Waals surface area contributed by atoms with Gasteiger partial charge in [-0.3, -0.25) is 14.9 Å². The summed E-state index contributed by atoms with van der Waals surface area (Å²) < 4.78 is 36.2. The second kappa shape index (κ2) is 11.2. The van der Waals surface area contributed by atoms with Gasteiger partial charge in [0.15, 0.2) is 11.5 Å². The van der Waals surface area contributed by atoms with Crippen molar-refractivity contribution in [2.24, 2.45) is 0 Å². The fourth-order valence-electron chi connectivity index (χ4n) is 3.03. The largest absolute Gasteiger partial charge is 0.490 e. The third-order valence-corrected chi connectivity index (χ3v) is 6.02. The highest BCUT2D eigenvalue weighted by Crippen LogP contribution is 2.32. The second-order valence-corrected chi connectivity index (χ2v) is 8.97. The average Bonchev–Trinajstić information content (AvgIpc) is 2.84. The van der Waals surface area contributed by atoms with Crippen molar-refractivity contribution in [1.29, 1.82) is 5.26 Å². The van der Waals surface area contributed by atoms with E-state index in [2.05, 4.69) is 5.32 Å². The molecule has 0 aliphatic carbocycles. The van der Waals surface area contributed by atoms with Crippen LogP contribution in [0.25, 0.3) is 6.08 Å². The lowest BCUT2D eigenvalue weighted by atomic mass is 10.1. The summed E-state index contributed by atoms with van der Waals surface area (Å²) in [6.45, 7) is 3.73. The molecule has 3 aromatic carbocycles. The van der Waals surface area contributed by atoms with Crippen molar-refractivity contribution in [3.8, 4) is 17.6 Å². The SMILES string of the molecule is CCOc1cc(/C=C(\C#N)C(=O)Nc2cccc([N+](=O)[O-])c2)ccc1OS(=O)(=O)c1ccc(C)cc1. The lowest BCUT2D eigenvalue weighted by Crippen LogP contribution is -2.13. The van der Waals surface area contributed by atoms with Gasteiger partial charge in [0.2, 0.25) is 0 Å². The first-order valence-corrected chi connectivity index (χ1v) is 12.0. The number of amides is 1. The maximum absolute atomic E-state index is 12.7. The minimum absolute atomic E-state index is 0.0240. The Morgan fingerprint density at radius 1 is 1.11 bits per heavy atom. The molecular formula is C25H21N3O7S. The molecular weight excluding hydrogens is 486 g/mol. The number of hydrogen-bond donors (Lipinski definition) is 1. The Morgan fingerprint density at radius 2 is 1.83 bits per heavy atom. The number of nitriles is 1. The summed E-state index contributed by atoms with van der Waals surface area (Å²) in [6.07, 6.45) is 1.27. The summed E-state index contributed by atoms with van der Waals surface area (Å²) in [5, 5.41) is 22.9. The molecule has 0 heterocycles. The number of nitro benzene ring substituents is 1. The number of benzene rings is 3. The van der Waals surface area contributed by atoms with Gasteiger partial charge in [-0.1, -0.05) is 29.8 Å². The first kappa shape index (κ1) is 25.9. The normalized spacial score (nSPS) is 11.3. The fraction of sp³-hybridized carbons (Fsp3) is 0.120. The minimum Gasteiger partial charge on any atom is -0.490 e. The number of aryl methyl sites for hydroxylation is 1. The summed E-state index contributed by atoms with van der Waals surface area (Å²) in [7, 11) is -4.13. The molecule has 3 aromatic rings. The van der Waals surface area contributed by atoms with Crippen molar-refractivity contribution < 1.29 is 27.1 Å². The van der Waals surface area contributed by atoms with Crippen molar-refractivity contribution in [3.63, 3.8) is 0 Å². The molecule has 3 rings (SSSR count). The minimum atomic E-state index is -4.13. The highest BCUT2D eigenvalue weighted by Gasteiger charge is 2.20. The number of ether oxygens (including phenoxy) is 1. The van der Waals surface area contributed by atoms with E-state index in [1.807, 2.05) is 6.92 Å². The van der Waals surface area contributed by atoms with Gasteiger partial charge in [0.05, 0.1) is 11.5 Å². The van der Waals surface area contributed by atoms with Crippen molar-refractivity contribution in [3.05, 3.63) is 93.5 Å². The molecule has 184 valence electrons. The number of nitro groups is 1. The lowest BCUT2D eigenvalue weighted by molar-refractivity contribution is -0.384. The Kier molecular flexibility index (Phi) is 8.03. The van der Waals surface area contributed by atoms with E-state index in [1.54, 1.807) is 25.1 Å². The Labute approximate surface area is 207 Å². The summed E-state index contributed by atoms with van der Waals surface area (Å²) in [5.74, 6) is -0.745. The molecule has 0 spiro atoms. The third-order valence-electron chi connectivity index (χ3n) is 4.77. The van der Waals surface area contributed by atoms with Crippen LogP contribution in [0.4, 0.5) is 11.4 Å². The predicted molar refractivity (Wildman–Crippen MR) is 132 cm³/mol. The first-order valence-electron chi connectivity index (χ1n) is 10.6. The molecule has 1 amide bonds. The van der Waals surface area contributed by atoms with Gasteiger partial charge in [0.1, 0.15) is 16.5 Å². The van der Waals surface area contributed by atoms with E-state index in [1.165, 1.54) is 60.7 Å². The topological polar surface area (TPSA) is 149 Å². The lowest BCUT2D eigenvalue weighted by Gasteiger charge is -2.13. The maximum atomic E-state index is 12.7. The van der Waals surface area contributed by atoms with Crippen LogP contribution in [-0.2, 0) is 14.9 Å². The van der Waals surface area contributed by atoms with E-state index in [9.17, 15) is 28.6 Å². The van der Waals surface area contributed by atoms with E-state index in [4.69, 9.17) is 8.92 Å². The Bertz CT molecular complexity index is 1470. The zero-order valence-electron chi connectivity index (χ0n) is 19.3. The van der Waals surface area contributed by atoms with Crippen molar-refractivity contribution >= 4 is 33.5 Å². The van der Waals surface area contributed by atoms with Crippen LogP contribution in [0.1, 0.15) is 18.1 Å². The van der Waals surface area contributed by atoms with Crippen LogP contribution < -0.4 is 14.2 Å². The van der Waals surface area contributed by atoms with Gasteiger partial charge in [-0.05, 0) is 55.8 Å². The smallest absolute Gasteiger partial charge is 0.339 e. The van der Waals surface area contributed by atoms with E-state index in [0.717, 1.165) is 5.56 Å². The highest BCUT2D eigenvalue weighted by molar-refractivity contribution is 7.87. The van der Waals surface area contributed by atoms with Crippen LogP contribution in [0, 0.1) is 28.4 Å². The van der Waals surface area contributed by atoms with Crippen molar-refractivity contribution in [2.45, 2.75) is 18.7 Å². The molecule has 36 heavy (non-hydrogen) atoms. The quantitative estimate of drug-likeness (QED) is 0.145. The Balaban J connectivity index is 1.87. The molecule has 11 heteroatoms. The van der Waals surface area contributed by atoms with Crippen LogP contribution in [0.3, 0.4) is 0 Å². The number of anilines is 1. The van der Waals surface area contributed by atoms with Gasteiger partial charge in [0.25, 0.3) is 11.6 Å². The molecule has 0 atom stereocenters. The van der Waals surface area contributed by atoms with Gasteiger partial charge >= 0.3 is 10.1 Å². The molecule has 0 aromatic heterocycles. The van der Waals surface area contributed by atoms with Crippen LogP contribution in [-0.4, -0.2) is 25.9 Å². The number of nitrogens with zero attached hydrogens (tertiary/aromatic N) is 2. The predicted octanol–water partition coefficient (Wildman–Crippen LogP) is 4.62. The monoisotopic (exact) mass is 507 g/mol. The van der Waals surface area contributed by atoms with E-state index < -0.39 is 20.9 Å². The van der Waals surface area contributed by atoms with E-state index in [0.29, 0.717) is 5.56 Å². The number of nitrogens with one attached hydrogen (secondary N) is 1. The molecule has 10 nitrogen and oxygen atoms in total. The number of carbonyl (C=O) groups excluding carboxylic acids is 1. The van der Waals surface area contributed by atoms with Gasteiger partial charge < -0.3 is 14.2 Å². The summed E-state index contributed by atoms with van der Waals surface area (Å²) >= 11 is 0. The molecule has 0 radical (unpaired) electrons. The average molecular weight is 508 g/mol. The van der Waals surface area contributed by atoms with Crippen LogP contribution in [0.5, 0.6) is 11.5 Å². The van der Waals surface area contributed by atoms with Crippen molar-refractivity contribution in [2.75, 3.05) is 11.9 Å². The molecule has 1 N–H and O–H groups in total. The molecule has 0 unspecified atom stereocenters. The standard InChI is InChI=1S/C25H21N3O7S/c1-3-34-24-14-18(9-12-23(24)35-36(32,33)22-10-7-17(2)8-11-22)13-19(16-26)25(29)27-20-5-4-6-21(15-20)28(30)31/h4-15H,3H2,1-2H3,(H,27,29)/b19-13+. The molecule has 0 saturated carbocycles. The first-order chi connectivity index (χ1) is 17.1. The number of hydrogen-bond acceptors (Lipinski definition) is 8. The Morgan fingerprint density at radius 3 is 2.47 bits per heavy atom. The second-order valence-electron chi connectivity index (χ2n) is 7.42.